The number of nitrogens with one attached hydrogen (secondary N) is 1. The minimum atomic E-state index is -0.140. The molecule has 0 spiro atoms. The number of phenols is 2. The highest BCUT2D eigenvalue weighted by molar-refractivity contribution is 5.88. The first kappa shape index (κ1) is 22.6. The van der Waals surface area contributed by atoms with Crippen molar-refractivity contribution >= 4 is 5.91 Å². The second kappa shape index (κ2) is 12.0. The molecule has 0 saturated carbocycles. The molecular weight excluding hydrogens is 338 g/mol. The zero-order valence-corrected chi connectivity index (χ0v) is 17.0. The molecule has 1 aromatic rings. The standard InChI is InChI=1S/C23H33NO3/c1-17(2)7-5-8-18(3)9-6-10-19(4)15-23(27)24-14-13-20-11-12-21(25)22(26)16-20/h7,9,11-12,15-16,25-26H,5-6,8,10,13-14H2,1-4H3,(H,24,27). The number of carbonyl (C=O) groups is 1. The third-order valence-corrected chi connectivity index (χ3v) is 4.25. The van der Waals surface area contributed by atoms with Gasteiger partial charge < -0.3 is 15.5 Å². The van der Waals surface area contributed by atoms with Crippen molar-refractivity contribution in [2.45, 2.75) is 59.8 Å². The summed E-state index contributed by atoms with van der Waals surface area (Å²) in [5, 5.41) is 21.6. The first-order valence-corrected chi connectivity index (χ1v) is 9.52. The van der Waals surface area contributed by atoms with Crippen molar-refractivity contribution in [1.82, 2.24) is 5.32 Å². The van der Waals surface area contributed by atoms with Crippen LogP contribution in [0.25, 0.3) is 0 Å². The molecule has 1 aromatic carbocycles. The summed E-state index contributed by atoms with van der Waals surface area (Å²) in [5.41, 5.74) is 4.67. The van der Waals surface area contributed by atoms with Crippen LogP contribution in [0.15, 0.2) is 53.1 Å². The zero-order valence-electron chi connectivity index (χ0n) is 17.0. The summed E-state index contributed by atoms with van der Waals surface area (Å²) < 4.78 is 0. The topological polar surface area (TPSA) is 69.6 Å². The van der Waals surface area contributed by atoms with Crippen LogP contribution in [-0.4, -0.2) is 22.7 Å². The van der Waals surface area contributed by atoms with Crippen LogP contribution in [0, 0.1) is 0 Å². The van der Waals surface area contributed by atoms with Crippen LogP contribution in [0.5, 0.6) is 11.5 Å². The van der Waals surface area contributed by atoms with Gasteiger partial charge in [-0.1, -0.05) is 34.9 Å². The summed E-state index contributed by atoms with van der Waals surface area (Å²) >= 11 is 0. The van der Waals surface area contributed by atoms with Crippen molar-refractivity contribution in [1.29, 1.82) is 0 Å². The molecule has 1 amide bonds. The number of carbonyl (C=O) groups excluding carboxylic acids is 1. The van der Waals surface area contributed by atoms with E-state index in [-0.39, 0.29) is 17.4 Å². The summed E-state index contributed by atoms with van der Waals surface area (Å²) in [6, 6.07) is 4.69. The third-order valence-electron chi connectivity index (χ3n) is 4.25. The summed E-state index contributed by atoms with van der Waals surface area (Å²) in [7, 11) is 0. The molecule has 0 aliphatic carbocycles. The van der Waals surface area contributed by atoms with Crippen molar-refractivity contribution in [3.05, 3.63) is 58.7 Å². The molecule has 0 atom stereocenters. The Kier molecular flexibility index (Phi) is 10.0. The van der Waals surface area contributed by atoms with Crippen molar-refractivity contribution in [3.8, 4) is 11.5 Å². The minimum absolute atomic E-state index is 0.0974. The highest BCUT2D eigenvalue weighted by Crippen LogP contribution is 2.24. The number of phenolic OH excluding ortho intramolecular Hbond substituents is 2. The molecule has 4 heteroatoms. The molecule has 0 aromatic heterocycles. The van der Waals surface area contributed by atoms with Crippen molar-refractivity contribution in [2.24, 2.45) is 0 Å². The minimum Gasteiger partial charge on any atom is -0.504 e. The lowest BCUT2D eigenvalue weighted by molar-refractivity contribution is -0.116. The van der Waals surface area contributed by atoms with Crippen LogP contribution in [0.1, 0.15) is 58.9 Å². The van der Waals surface area contributed by atoms with Gasteiger partial charge in [-0.15, -0.1) is 0 Å². The highest BCUT2D eigenvalue weighted by atomic mass is 16.3. The fourth-order valence-corrected chi connectivity index (χ4v) is 2.64. The van der Waals surface area contributed by atoms with E-state index in [9.17, 15) is 15.0 Å². The van der Waals surface area contributed by atoms with E-state index in [2.05, 4.69) is 38.2 Å². The molecule has 0 fully saturated rings. The predicted molar refractivity (Wildman–Crippen MR) is 112 cm³/mol. The molecule has 0 bridgehead atoms. The quantitative estimate of drug-likeness (QED) is 0.302. The zero-order chi connectivity index (χ0) is 20.2. The monoisotopic (exact) mass is 371 g/mol. The average molecular weight is 372 g/mol. The fourth-order valence-electron chi connectivity index (χ4n) is 2.64. The number of hydrogen-bond donors (Lipinski definition) is 3. The SMILES string of the molecule is CC(C)=CCCC(C)=CCCC(C)=CC(=O)NCCc1ccc(O)c(O)c1. The Labute approximate surface area is 163 Å². The van der Waals surface area contributed by atoms with E-state index in [1.807, 2.05) is 6.92 Å². The van der Waals surface area contributed by atoms with Crippen LogP contribution in [0.4, 0.5) is 0 Å². The van der Waals surface area contributed by atoms with E-state index in [0.29, 0.717) is 13.0 Å². The van der Waals surface area contributed by atoms with Gasteiger partial charge in [0, 0.05) is 12.6 Å². The van der Waals surface area contributed by atoms with Crippen LogP contribution >= 0.6 is 0 Å². The Bertz CT molecular complexity index is 710. The Morgan fingerprint density at radius 3 is 2.30 bits per heavy atom. The average Bonchev–Trinajstić information content (AvgIpc) is 2.57. The third kappa shape index (κ3) is 10.3. The molecule has 0 unspecified atom stereocenters. The number of amides is 1. The molecule has 0 heterocycles. The van der Waals surface area contributed by atoms with E-state index in [1.54, 1.807) is 12.1 Å². The normalized spacial score (nSPS) is 12.0. The fraction of sp³-hybridized carbons (Fsp3) is 0.435. The predicted octanol–water partition coefficient (Wildman–Crippen LogP) is 5.18. The van der Waals surface area contributed by atoms with Gasteiger partial charge in [0.1, 0.15) is 0 Å². The van der Waals surface area contributed by atoms with Crippen LogP contribution in [0.3, 0.4) is 0 Å². The van der Waals surface area contributed by atoms with Gasteiger partial charge in [-0.05, 0) is 77.5 Å². The van der Waals surface area contributed by atoms with E-state index in [0.717, 1.165) is 36.8 Å². The highest BCUT2D eigenvalue weighted by Gasteiger charge is 2.02. The number of benzene rings is 1. The summed E-state index contributed by atoms with van der Waals surface area (Å²) in [6.07, 6.45) is 10.8. The Morgan fingerprint density at radius 1 is 0.963 bits per heavy atom. The molecule has 0 radical (unpaired) electrons. The maximum atomic E-state index is 12.0. The molecular formula is C23H33NO3. The first-order valence-electron chi connectivity index (χ1n) is 9.52. The number of hydrogen-bond acceptors (Lipinski definition) is 3. The molecule has 3 N–H and O–H groups in total. The Balaban J connectivity index is 2.31. The Morgan fingerprint density at radius 2 is 1.63 bits per heavy atom. The number of rotatable bonds is 10. The largest absolute Gasteiger partial charge is 0.504 e. The summed E-state index contributed by atoms with van der Waals surface area (Å²) in [4.78, 5) is 12.0. The number of aromatic hydroxyl groups is 2. The van der Waals surface area contributed by atoms with Crippen LogP contribution < -0.4 is 5.32 Å². The van der Waals surface area contributed by atoms with Crippen molar-refractivity contribution in [2.75, 3.05) is 6.54 Å². The van der Waals surface area contributed by atoms with Gasteiger partial charge in [0.25, 0.3) is 0 Å². The molecule has 0 aliphatic rings. The van der Waals surface area contributed by atoms with Crippen LogP contribution in [0.2, 0.25) is 0 Å². The molecule has 0 saturated heterocycles. The van der Waals surface area contributed by atoms with Gasteiger partial charge in [-0.3, -0.25) is 4.79 Å². The number of allylic oxidation sites excluding steroid dienone is 5. The van der Waals surface area contributed by atoms with Gasteiger partial charge in [-0.25, -0.2) is 0 Å². The summed E-state index contributed by atoms with van der Waals surface area (Å²) in [5.74, 6) is -0.374. The second-order valence-corrected chi connectivity index (χ2v) is 7.26. The van der Waals surface area contributed by atoms with Gasteiger partial charge >= 0.3 is 0 Å². The second-order valence-electron chi connectivity index (χ2n) is 7.26. The lowest BCUT2D eigenvalue weighted by Gasteiger charge is -2.05. The maximum Gasteiger partial charge on any atom is 0.243 e. The van der Waals surface area contributed by atoms with Crippen molar-refractivity contribution in [3.63, 3.8) is 0 Å². The maximum absolute atomic E-state index is 12.0. The molecule has 0 aliphatic heterocycles. The molecule has 1 rings (SSSR count). The van der Waals surface area contributed by atoms with Gasteiger partial charge in [0.05, 0.1) is 0 Å². The lowest BCUT2D eigenvalue weighted by Crippen LogP contribution is -2.23. The smallest absolute Gasteiger partial charge is 0.243 e. The summed E-state index contributed by atoms with van der Waals surface area (Å²) in [6.45, 7) is 8.85. The van der Waals surface area contributed by atoms with Gasteiger partial charge in [0.15, 0.2) is 11.5 Å². The van der Waals surface area contributed by atoms with E-state index in [1.165, 1.54) is 23.3 Å². The van der Waals surface area contributed by atoms with Gasteiger partial charge in [-0.2, -0.15) is 0 Å². The molecule has 27 heavy (non-hydrogen) atoms. The van der Waals surface area contributed by atoms with Gasteiger partial charge in [0.2, 0.25) is 5.91 Å². The molecule has 4 nitrogen and oxygen atoms in total. The lowest BCUT2D eigenvalue weighted by atomic mass is 10.1. The Hall–Kier alpha value is -2.49. The van der Waals surface area contributed by atoms with Crippen LogP contribution in [-0.2, 0) is 11.2 Å². The van der Waals surface area contributed by atoms with E-state index >= 15 is 0 Å². The van der Waals surface area contributed by atoms with E-state index in [4.69, 9.17) is 0 Å². The first-order chi connectivity index (χ1) is 12.8. The van der Waals surface area contributed by atoms with E-state index < -0.39 is 0 Å². The molecule has 148 valence electrons. The van der Waals surface area contributed by atoms with Crippen molar-refractivity contribution < 1.29 is 15.0 Å².